The fourth-order valence-electron chi connectivity index (χ4n) is 7.27. The van der Waals surface area contributed by atoms with Gasteiger partial charge >= 0.3 is 11.9 Å². The minimum Gasteiger partial charge on any atom is -0.480 e. The molecule has 0 bridgehead atoms. The number of guanidine groups is 1. The van der Waals surface area contributed by atoms with E-state index >= 15 is 0 Å². The van der Waals surface area contributed by atoms with Crippen molar-refractivity contribution in [3.8, 4) is 0 Å². The summed E-state index contributed by atoms with van der Waals surface area (Å²) in [5.74, 6) is -12.9. The number of likely N-dealkylation sites (N-methyl/N-ethyl adjacent to an activating group) is 1. The quantitative estimate of drug-likeness (QED) is 0.0372. The van der Waals surface area contributed by atoms with E-state index in [1.807, 2.05) is 44.2 Å². The first kappa shape index (κ1) is 60.0. The van der Waals surface area contributed by atoms with Gasteiger partial charge in [-0.1, -0.05) is 102 Å². The number of carbonyl (C=O) groups excluding carboxylic acids is 7. The summed E-state index contributed by atoms with van der Waals surface area (Å²) in [7, 11) is 1.21. The Morgan fingerprint density at radius 3 is 2.04 bits per heavy atom. The Morgan fingerprint density at radius 1 is 0.845 bits per heavy atom. The second-order valence-corrected chi connectivity index (χ2v) is 18.2. The summed E-state index contributed by atoms with van der Waals surface area (Å²) < 4.78 is 0. The molecule has 7 amide bonds. The van der Waals surface area contributed by atoms with Crippen molar-refractivity contribution in [2.24, 2.45) is 40.1 Å². The number of nitrogens with zero attached hydrogens (tertiary/aromatic N) is 2. The lowest BCUT2D eigenvalue weighted by molar-refractivity contribution is -0.146. The normalized spacial score (nSPS) is 25.7. The summed E-state index contributed by atoms with van der Waals surface area (Å²) in [5.41, 5.74) is 12.1. The highest BCUT2D eigenvalue weighted by atomic mass is 16.4. The molecule has 0 radical (unpaired) electrons. The van der Waals surface area contributed by atoms with Crippen molar-refractivity contribution < 1.29 is 58.5 Å². The van der Waals surface area contributed by atoms with Crippen molar-refractivity contribution in [1.82, 2.24) is 36.8 Å². The highest BCUT2D eigenvalue weighted by Gasteiger charge is 2.37. The van der Waals surface area contributed by atoms with Crippen LogP contribution in [-0.2, 0) is 49.6 Å². The Morgan fingerprint density at radius 2 is 1.45 bits per heavy atom. The van der Waals surface area contributed by atoms with Crippen LogP contribution in [-0.4, -0.2) is 135 Å². The molecule has 0 spiro atoms. The maximum absolute atomic E-state index is 14.3. The monoisotopic (exact) mass is 995 g/mol. The van der Waals surface area contributed by atoms with Crippen LogP contribution in [0.3, 0.4) is 0 Å². The molecule has 13 N–H and O–H groups in total. The molecule has 22 heteroatoms. The van der Waals surface area contributed by atoms with Gasteiger partial charge in [0.15, 0.2) is 5.96 Å². The molecule has 1 fully saturated rings. The van der Waals surface area contributed by atoms with Gasteiger partial charge in [-0.3, -0.25) is 38.6 Å². The van der Waals surface area contributed by atoms with Gasteiger partial charge < -0.3 is 63.6 Å². The Labute approximate surface area is 415 Å². The number of allylic oxidation sites excluding steroid dienone is 2. The van der Waals surface area contributed by atoms with Crippen LogP contribution in [0.5, 0.6) is 0 Å². The number of aliphatic hydroxyl groups excluding tert-OH is 1. The first-order valence-corrected chi connectivity index (χ1v) is 23.6. The number of benzene rings is 1. The third-order valence-electron chi connectivity index (χ3n) is 12.3. The number of nitrogens with one attached hydrogen (secondary N) is 6. The Hall–Kier alpha value is -7.10. The fraction of sp³-hybridized carbons (Fsp3) is 0.551. The lowest BCUT2D eigenvalue weighted by Crippen LogP contribution is -2.59. The second-order valence-electron chi connectivity index (χ2n) is 18.2. The van der Waals surface area contributed by atoms with E-state index in [9.17, 15) is 58.5 Å². The van der Waals surface area contributed by atoms with Crippen molar-refractivity contribution in [2.75, 3.05) is 13.6 Å². The smallest absolute Gasteiger partial charge is 0.327 e. The average molecular weight is 995 g/mol. The van der Waals surface area contributed by atoms with Crippen molar-refractivity contribution in [1.29, 1.82) is 0 Å². The molecule has 392 valence electrons. The number of carboxylic acids is 2. The van der Waals surface area contributed by atoms with Crippen LogP contribution in [0, 0.1) is 23.7 Å². The van der Waals surface area contributed by atoms with Gasteiger partial charge in [0.2, 0.25) is 35.4 Å². The number of carboxylic acid groups (broad SMARTS) is 2. The van der Waals surface area contributed by atoms with Crippen molar-refractivity contribution in [2.45, 2.75) is 136 Å². The Bertz CT molecular complexity index is 2160. The highest BCUT2D eigenvalue weighted by molar-refractivity contribution is 6.00. The first-order chi connectivity index (χ1) is 33.3. The van der Waals surface area contributed by atoms with Crippen LogP contribution in [0.15, 0.2) is 71.4 Å². The molecule has 0 unspecified atom stereocenters. The molecule has 1 aliphatic rings. The topological polar surface area (TPSA) is 354 Å². The molecule has 2 rings (SSSR count). The fourth-order valence-corrected chi connectivity index (χ4v) is 7.27. The summed E-state index contributed by atoms with van der Waals surface area (Å²) in [6.45, 7) is 14.8. The lowest BCUT2D eigenvalue weighted by atomic mass is 9.94. The van der Waals surface area contributed by atoms with Crippen molar-refractivity contribution in [3.63, 3.8) is 0 Å². The van der Waals surface area contributed by atoms with Gasteiger partial charge in [-0.15, -0.1) is 0 Å². The number of amides is 7. The summed E-state index contributed by atoms with van der Waals surface area (Å²) in [4.78, 5) is 126. The van der Waals surface area contributed by atoms with E-state index in [2.05, 4.69) is 43.5 Å². The third kappa shape index (κ3) is 20.0. The summed E-state index contributed by atoms with van der Waals surface area (Å²) >= 11 is 0. The van der Waals surface area contributed by atoms with E-state index in [0.717, 1.165) is 10.5 Å². The molecule has 1 aliphatic heterocycles. The number of aliphatic hydroxyl groups is 1. The van der Waals surface area contributed by atoms with E-state index in [-0.39, 0.29) is 43.6 Å². The highest BCUT2D eigenvalue weighted by Crippen LogP contribution is 2.18. The standard InChI is InChI=1S/C49H74N10O12/c1-10-26(2)24-37-46(67)58-40(48(70)71)30(6)42(63)55-35(17-14-22-52-49(50)51)45(66)54-34(19-18-27(3)23-28(4)38(60)25-33-15-12-11-13-16-33)29(5)41(62)56-36(47(68)69)20-21-39(61)59(9)32(8)44(65)53-31(7)43(64)57-37/h11-13,15-16,18-19,23,26,28-31,34-38,40,60H,8,10,14,17,20-22,24-25H2,1-7,9H3,(H,53,65)(H,54,66)(H,55,63)(H,56,62)(H,57,64)(H,58,67)(H,68,69)(H,70,71)(H4,50,51,52)/b19-18+,27-23+/t26-,28-,29-,30-,31+,34-,35-,36+,37-,38-,40-/m0/s1. The zero-order valence-electron chi connectivity index (χ0n) is 41.9. The number of hydrogen-bond donors (Lipinski definition) is 11. The maximum atomic E-state index is 14.3. The first-order valence-electron chi connectivity index (χ1n) is 23.6. The number of hydrogen-bond acceptors (Lipinski definition) is 11. The SMILES string of the molecule is C=C1C(=O)N[C@H](C)C(=O)N[C@@H](C[C@@H](C)CC)C(=O)N[C@H](C(=O)O)[C@H](C)C(=O)N[C@@H](CCCN=C(N)N)C(=O)N[C@@H](/C=C/C(C)=C/[C@H](C)[C@@H](O)Cc2ccccc2)[C@H](C)C(=O)N[C@@H](C(=O)O)CCC(=O)N1C. The van der Waals surface area contributed by atoms with Crippen LogP contribution < -0.4 is 43.4 Å². The van der Waals surface area contributed by atoms with Gasteiger partial charge in [0.25, 0.3) is 5.91 Å². The summed E-state index contributed by atoms with van der Waals surface area (Å²) in [6.07, 6.45) is 4.10. The number of nitrogens with two attached hydrogens (primary N) is 2. The van der Waals surface area contributed by atoms with E-state index < -0.39 is 126 Å². The largest absolute Gasteiger partial charge is 0.480 e. The van der Waals surface area contributed by atoms with Gasteiger partial charge in [0.1, 0.15) is 35.9 Å². The second kappa shape index (κ2) is 29.2. The number of aliphatic imine (C=N–C) groups is 1. The van der Waals surface area contributed by atoms with Crippen LogP contribution in [0.1, 0.15) is 92.6 Å². The minimum atomic E-state index is -1.89. The zero-order valence-corrected chi connectivity index (χ0v) is 41.9. The van der Waals surface area contributed by atoms with Gasteiger partial charge in [-0.05, 0) is 57.4 Å². The van der Waals surface area contributed by atoms with Gasteiger partial charge in [-0.25, -0.2) is 9.59 Å². The number of carbonyl (C=O) groups is 9. The number of aliphatic carboxylic acids is 2. The minimum absolute atomic E-state index is 0.0142. The third-order valence-corrected chi connectivity index (χ3v) is 12.3. The van der Waals surface area contributed by atoms with Crippen molar-refractivity contribution in [3.05, 3.63) is 72.0 Å². The average Bonchev–Trinajstić information content (AvgIpc) is 3.31. The van der Waals surface area contributed by atoms with E-state index in [4.69, 9.17) is 11.5 Å². The van der Waals surface area contributed by atoms with Crippen molar-refractivity contribution >= 4 is 59.2 Å². The molecule has 22 nitrogen and oxygen atoms in total. The van der Waals surface area contributed by atoms with E-state index in [1.165, 1.54) is 33.9 Å². The zero-order chi connectivity index (χ0) is 53.7. The van der Waals surface area contributed by atoms with Crippen LogP contribution in [0.25, 0.3) is 0 Å². The Balaban J connectivity index is 2.72. The van der Waals surface area contributed by atoms with Crippen LogP contribution >= 0.6 is 0 Å². The number of rotatable bonds is 15. The predicted molar refractivity (Wildman–Crippen MR) is 264 cm³/mol. The molecule has 0 saturated carbocycles. The summed E-state index contributed by atoms with van der Waals surface area (Å²) in [6, 6.07) is 0.536. The van der Waals surface area contributed by atoms with E-state index in [0.29, 0.717) is 18.4 Å². The predicted octanol–water partition coefficient (Wildman–Crippen LogP) is 0.354. The van der Waals surface area contributed by atoms with Gasteiger partial charge in [0.05, 0.1) is 24.0 Å². The molecular formula is C49H74N10O12. The molecule has 1 saturated heterocycles. The molecule has 1 aromatic carbocycles. The van der Waals surface area contributed by atoms with E-state index in [1.54, 1.807) is 26.0 Å². The Kier molecular flexibility index (Phi) is 24.7. The molecule has 1 aromatic rings. The molecular weight excluding hydrogens is 921 g/mol. The molecule has 0 aromatic heterocycles. The molecule has 1 heterocycles. The summed E-state index contributed by atoms with van der Waals surface area (Å²) in [5, 5.41) is 46.5. The molecule has 0 aliphatic carbocycles. The van der Waals surface area contributed by atoms with Crippen LogP contribution in [0.2, 0.25) is 0 Å². The molecule has 11 atom stereocenters. The maximum Gasteiger partial charge on any atom is 0.327 e. The molecule has 71 heavy (non-hydrogen) atoms. The lowest BCUT2D eigenvalue weighted by Gasteiger charge is -2.29. The van der Waals surface area contributed by atoms with Crippen LogP contribution in [0.4, 0.5) is 0 Å². The van der Waals surface area contributed by atoms with Gasteiger partial charge in [0, 0.05) is 25.9 Å². The van der Waals surface area contributed by atoms with Gasteiger partial charge in [-0.2, -0.15) is 0 Å².